The van der Waals surface area contributed by atoms with Crippen molar-refractivity contribution < 1.29 is 42.6 Å². The zero-order chi connectivity index (χ0) is 26.3. The number of benzene rings is 2. The van der Waals surface area contributed by atoms with Crippen LogP contribution >= 0.6 is 0 Å². The van der Waals surface area contributed by atoms with Crippen LogP contribution in [0.2, 0.25) is 0 Å². The molecule has 2 aromatic rings. The maximum Gasteiger partial charge on any atom is 0.191 e. The molecule has 0 saturated carbocycles. The molecule has 0 aromatic heterocycles. The van der Waals surface area contributed by atoms with Crippen LogP contribution in [-0.2, 0) is 44.7 Å². The highest BCUT2D eigenvalue weighted by Gasteiger charge is 2.49. The smallest absolute Gasteiger partial charge is 0.191 e. The molecule has 0 N–H and O–H groups in total. The number of ether oxygens (including phenoxy) is 9. The molecule has 7 heterocycles. The van der Waals surface area contributed by atoms with Gasteiger partial charge in [-0.05, 0) is 62.4 Å². The molecule has 0 unspecified atom stereocenters. The van der Waals surface area contributed by atoms with Gasteiger partial charge in [0, 0.05) is 11.1 Å². The van der Waals surface area contributed by atoms with Gasteiger partial charge in [0.25, 0.3) is 0 Å². The van der Waals surface area contributed by atoms with Gasteiger partial charge in [-0.25, -0.2) is 0 Å². The van der Waals surface area contributed by atoms with E-state index in [1.54, 1.807) is 0 Å². The SMILES string of the molecule is CC12OCC3(CO1)COC(C)(OC3)c1ccc(cc1)OCCOCCOCCOCCOc1ccc2cc1. The topological polar surface area (TPSA) is 83.1 Å². The van der Waals surface area contributed by atoms with E-state index in [0.29, 0.717) is 79.3 Å². The first-order valence-electron chi connectivity index (χ1n) is 13.2. The van der Waals surface area contributed by atoms with Crippen molar-refractivity contribution in [1.82, 2.24) is 0 Å². The molecule has 0 atom stereocenters. The molecule has 7 aliphatic heterocycles. The Morgan fingerprint density at radius 1 is 0.447 bits per heavy atom. The van der Waals surface area contributed by atoms with E-state index in [9.17, 15) is 0 Å². The van der Waals surface area contributed by atoms with E-state index >= 15 is 0 Å². The van der Waals surface area contributed by atoms with E-state index in [-0.39, 0.29) is 5.41 Å². The lowest BCUT2D eigenvalue weighted by molar-refractivity contribution is -0.368. The van der Waals surface area contributed by atoms with Gasteiger partial charge in [-0.1, -0.05) is 0 Å². The van der Waals surface area contributed by atoms with E-state index in [1.165, 1.54) is 0 Å². The zero-order valence-corrected chi connectivity index (χ0v) is 22.3. The predicted octanol–water partition coefficient (Wildman–Crippen LogP) is 3.63. The first kappa shape index (κ1) is 27.3. The van der Waals surface area contributed by atoms with E-state index in [2.05, 4.69) is 0 Å². The molecule has 0 radical (unpaired) electrons. The standard InChI is InChI=1S/C29H38O9/c1-27-23-3-7-25(8-4-23)33-17-15-31-13-11-30-12-14-32-16-18-34-26-9-5-24(6-10-26)28(2)37-21-29(19-35-27,20-36-27)22-38-28/h3-10H,11-22H2,1-2H3. The molecule has 9 nitrogen and oxygen atoms in total. The number of fused-ring (bicyclic) bond motifs is 4. The number of rotatable bonds is 0. The summed E-state index contributed by atoms with van der Waals surface area (Å²) >= 11 is 0. The fourth-order valence-electron chi connectivity index (χ4n) is 4.52. The fourth-order valence-corrected chi connectivity index (χ4v) is 4.52. The number of hydrogen-bond acceptors (Lipinski definition) is 9. The van der Waals surface area contributed by atoms with Crippen LogP contribution in [0.25, 0.3) is 0 Å². The van der Waals surface area contributed by atoms with Crippen LogP contribution in [0.4, 0.5) is 0 Å². The molecule has 7 aliphatic rings. The first-order chi connectivity index (χ1) is 18.5. The van der Waals surface area contributed by atoms with Crippen LogP contribution in [0, 0.1) is 5.41 Å². The van der Waals surface area contributed by atoms with Gasteiger partial charge in [0.05, 0.1) is 71.5 Å². The summed E-state index contributed by atoms with van der Waals surface area (Å²) in [5, 5.41) is 0. The molecule has 7 bridgehead atoms. The molecule has 38 heavy (non-hydrogen) atoms. The average Bonchev–Trinajstić information content (AvgIpc) is 2.95. The molecule has 0 aliphatic carbocycles. The normalized spacial score (nSPS) is 31.7. The van der Waals surface area contributed by atoms with Crippen LogP contribution in [0.1, 0.15) is 25.0 Å². The number of hydrogen-bond donors (Lipinski definition) is 0. The molecule has 0 amide bonds. The molecular formula is C29H38O9. The quantitative estimate of drug-likeness (QED) is 0.507. The first-order valence-corrected chi connectivity index (χ1v) is 13.2. The summed E-state index contributed by atoms with van der Waals surface area (Å²) in [6.45, 7) is 9.64. The Kier molecular flexibility index (Phi) is 8.84. The largest absolute Gasteiger partial charge is 0.491 e. The fraction of sp³-hybridized carbons (Fsp3) is 0.586. The molecule has 208 valence electrons. The van der Waals surface area contributed by atoms with Crippen LogP contribution in [-0.4, -0.2) is 79.3 Å². The van der Waals surface area contributed by atoms with Crippen molar-refractivity contribution in [3.8, 4) is 11.5 Å². The lowest BCUT2D eigenvalue weighted by Crippen LogP contribution is -2.56. The van der Waals surface area contributed by atoms with E-state index < -0.39 is 11.6 Å². The van der Waals surface area contributed by atoms with Crippen LogP contribution in [0.5, 0.6) is 11.5 Å². The summed E-state index contributed by atoms with van der Waals surface area (Å²) in [6, 6.07) is 15.6. The third-order valence-corrected chi connectivity index (χ3v) is 7.11. The second-order valence-corrected chi connectivity index (χ2v) is 10.1. The zero-order valence-electron chi connectivity index (χ0n) is 22.3. The Labute approximate surface area is 224 Å². The van der Waals surface area contributed by atoms with Crippen LogP contribution in [0.3, 0.4) is 0 Å². The molecule has 9 heteroatoms. The van der Waals surface area contributed by atoms with Gasteiger partial charge < -0.3 is 42.6 Å². The molecule has 2 saturated heterocycles. The highest BCUT2D eigenvalue weighted by Crippen LogP contribution is 2.43. The Bertz CT molecular complexity index is 907. The van der Waals surface area contributed by atoms with E-state index in [1.807, 2.05) is 62.4 Å². The maximum absolute atomic E-state index is 6.28. The van der Waals surface area contributed by atoms with Crippen molar-refractivity contribution in [3.05, 3.63) is 59.7 Å². The Morgan fingerprint density at radius 3 is 1.11 bits per heavy atom. The van der Waals surface area contributed by atoms with Crippen molar-refractivity contribution in [1.29, 1.82) is 0 Å². The van der Waals surface area contributed by atoms with Crippen molar-refractivity contribution in [3.63, 3.8) is 0 Å². The molecule has 9 rings (SSSR count). The van der Waals surface area contributed by atoms with Gasteiger partial charge >= 0.3 is 0 Å². The van der Waals surface area contributed by atoms with Gasteiger partial charge in [0.2, 0.25) is 0 Å². The molecule has 2 aromatic carbocycles. The molecular weight excluding hydrogens is 492 g/mol. The second-order valence-electron chi connectivity index (χ2n) is 10.1. The summed E-state index contributed by atoms with van der Waals surface area (Å²) in [6.07, 6.45) is 0. The van der Waals surface area contributed by atoms with Crippen LogP contribution in [0.15, 0.2) is 48.5 Å². The average molecular weight is 531 g/mol. The van der Waals surface area contributed by atoms with Crippen molar-refractivity contribution in [2.75, 3.05) is 79.3 Å². The molecule has 2 fully saturated rings. The predicted molar refractivity (Wildman–Crippen MR) is 137 cm³/mol. The van der Waals surface area contributed by atoms with Crippen molar-refractivity contribution in [2.45, 2.75) is 25.4 Å². The minimum Gasteiger partial charge on any atom is -0.491 e. The van der Waals surface area contributed by atoms with E-state index in [0.717, 1.165) is 22.6 Å². The van der Waals surface area contributed by atoms with Crippen LogP contribution < -0.4 is 9.47 Å². The summed E-state index contributed by atoms with van der Waals surface area (Å²) in [5.74, 6) is -0.172. The summed E-state index contributed by atoms with van der Waals surface area (Å²) < 4.78 is 53.4. The maximum atomic E-state index is 6.28. The Morgan fingerprint density at radius 2 is 0.763 bits per heavy atom. The third kappa shape index (κ3) is 6.66. The Hall–Kier alpha value is -2.24. The summed E-state index contributed by atoms with van der Waals surface area (Å²) in [7, 11) is 0. The highest BCUT2D eigenvalue weighted by molar-refractivity contribution is 5.31. The van der Waals surface area contributed by atoms with Gasteiger partial charge in [0.1, 0.15) is 24.7 Å². The monoisotopic (exact) mass is 530 g/mol. The lowest BCUT2D eigenvalue weighted by atomic mass is 9.88. The Balaban J connectivity index is 1.23. The van der Waals surface area contributed by atoms with Crippen molar-refractivity contribution in [2.24, 2.45) is 5.41 Å². The van der Waals surface area contributed by atoms with E-state index in [4.69, 9.17) is 42.6 Å². The minimum atomic E-state index is -0.850. The minimum absolute atomic E-state index is 0.362. The second kappa shape index (κ2) is 12.3. The summed E-state index contributed by atoms with van der Waals surface area (Å²) in [5.41, 5.74) is 1.49. The highest BCUT2D eigenvalue weighted by atomic mass is 16.7. The molecule has 1 spiro atoms. The van der Waals surface area contributed by atoms with Gasteiger partial charge in [0.15, 0.2) is 11.6 Å². The lowest BCUT2D eigenvalue weighted by Gasteiger charge is -2.49. The van der Waals surface area contributed by atoms with Gasteiger partial charge in [-0.3, -0.25) is 0 Å². The van der Waals surface area contributed by atoms with Gasteiger partial charge in [-0.2, -0.15) is 0 Å². The van der Waals surface area contributed by atoms with Gasteiger partial charge in [-0.15, -0.1) is 0 Å². The third-order valence-electron chi connectivity index (χ3n) is 7.11. The van der Waals surface area contributed by atoms with Crippen molar-refractivity contribution >= 4 is 0 Å². The summed E-state index contributed by atoms with van der Waals surface area (Å²) in [4.78, 5) is 0.